The first-order valence-electron chi connectivity index (χ1n) is 18.1. The van der Waals surface area contributed by atoms with Gasteiger partial charge in [-0.15, -0.1) is 0 Å². The molecule has 0 aliphatic heterocycles. The third-order valence-electron chi connectivity index (χ3n) is 11.0. The fraction of sp³-hybridized carbons (Fsp3) is 0.0400. The number of hydrogen-bond donors (Lipinski definition) is 0. The highest BCUT2D eigenvalue weighted by Gasteiger charge is 2.46. The highest BCUT2D eigenvalue weighted by atomic mass is 15.1. The number of pyridine rings is 1. The number of fused-ring (bicyclic) bond motifs is 4. The maximum atomic E-state index is 4.99. The molecule has 0 unspecified atom stereocenters. The number of rotatable bonds is 6. The summed E-state index contributed by atoms with van der Waals surface area (Å²) in [6.45, 7) is 0. The molecule has 10 rings (SSSR count). The van der Waals surface area contributed by atoms with E-state index in [-0.39, 0.29) is 0 Å². The van der Waals surface area contributed by atoms with Crippen LogP contribution in [0.5, 0.6) is 0 Å². The number of imidazole rings is 1. The number of aromatic nitrogens is 3. The van der Waals surface area contributed by atoms with Gasteiger partial charge in [0.2, 0.25) is 0 Å². The molecule has 0 atom stereocenters. The third-order valence-corrected chi connectivity index (χ3v) is 11.0. The number of nitrogens with zero attached hydrogens (tertiary/aromatic N) is 3. The van der Waals surface area contributed by atoms with Crippen LogP contribution in [0.1, 0.15) is 22.3 Å². The first-order chi connectivity index (χ1) is 26.2. The van der Waals surface area contributed by atoms with Crippen molar-refractivity contribution in [1.29, 1.82) is 0 Å². The summed E-state index contributed by atoms with van der Waals surface area (Å²) in [7, 11) is 2.09. The van der Waals surface area contributed by atoms with E-state index in [0.717, 1.165) is 44.8 Å². The van der Waals surface area contributed by atoms with Gasteiger partial charge in [0.15, 0.2) is 0 Å². The lowest BCUT2D eigenvalue weighted by atomic mass is 9.67. The molecule has 0 amide bonds. The summed E-state index contributed by atoms with van der Waals surface area (Å²) in [4.78, 5) is 9.61. The van der Waals surface area contributed by atoms with Crippen molar-refractivity contribution in [1.82, 2.24) is 14.5 Å². The SMILES string of the molecule is Cn1c(-c2ccc(-c3cc4c(cc3-c3ccc(-c5ccccn5)cc3)C(c3ccccc3)(c3ccccc3)c3ccccc3-4)cc2)nc2ccccc21. The van der Waals surface area contributed by atoms with Crippen molar-refractivity contribution in [3.8, 4) is 56.0 Å². The predicted molar refractivity (Wildman–Crippen MR) is 218 cm³/mol. The molecule has 1 aliphatic rings. The monoisotopic (exact) mass is 677 g/mol. The van der Waals surface area contributed by atoms with Crippen LogP contribution in [0.4, 0.5) is 0 Å². The van der Waals surface area contributed by atoms with Crippen LogP contribution in [0.3, 0.4) is 0 Å². The van der Waals surface area contributed by atoms with Crippen LogP contribution in [0.25, 0.3) is 67.1 Å². The molecule has 1 aliphatic carbocycles. The first kappa shape index (κ1) is 30.9. The molecular weight excluding hydrogens is 643 g/mol. The molecule has 3 heteroatoms. The van der Waals surface area contributed by atoms with Crippen LogP contribution >= 0.6 is 0 Å². The van der Waals surface area contributed by atoms with E-state index in [1.807, 2.05) is 24.4 Å². The number of benzene rings is 7. The Bertz CT molecular complexity index is 2710. The minimum Gasteiger partial charge on any atom is -0.327 e. The Hall–Kier alpha value is -6.84. The van der Waals surface area contributed by atoms with Gasteiger partial charge in [-0.2, -0.15) is 0 Å². The van der Waals surface area contributed by atoms with E-state index in [4.69, 9.17) is 4.98 Å². The fourth-order valence-electron chi connectivity index (χ4n) is 8.52. The number of hydrogen-bond acceptors (Lipinski definition) is 2. The molecule has 0 N–H and O–H groups in total. The second kappa shape index (κ2) is 12.4. The Morgan fingerprint density at radius 1 is 0.434 bits per heavy atom. The lowest BCUT2D eigenvalue weighted by molar-refractivity contribution is 0.769. The Kier molecular flexibility index (Phi) is 7.26. The van der Waals surface area contributed by atoms with Crippen LogP contribution in [-0.2, 0) is 12.5 Å². The highest BCUT2D eigenvalue weighted by molar-refractivity contribution is 5.95. The topological polar surface area (TPSA) is 30.7 Å². The Morgan fingerprint density at radius 2 is 1.00 bits per heavy atom. The average molecular weight is 678 g/mol. The van der Waals surface area contributed by atoms with Crippen molar-refractivity contribution < 1.29 is 0 Å². The summed E-state index contributed by atoms with van der Waals surface area (Å²) >= 11 is 0. The van der Waals surface area contributed by atoms with E-state index >= 15 is 0 Å². The second-order valence-corrected chi connectivity index (χ2v) is 13.8. The van der Waals surface area contributed by atoms with Gasteiger partial charge >= 0.3 is 0 Å². The molecule has 0 bridgehead atoms. The van der Waals surface area contributed by atoms with E-state index in [1.165, 1.54) is 44.5 Å². The van der Waals surface area contributed by atoms with Gasteiger partial charge in [-0.3, -0.25) is 4.98 Å². The molecule has 53 heavy (non-hydrogen) atoms. The Balaban J connectivity index is 1.21. The summed E-state index contributed by atoms with van der Waals surface area (Å²) in [5, 5.41) is 0. The molecule has 2 aromatic heterocycles. The molecule has 250 valence electrons. The van der Waals surface area contributed by atoms with Crippen LogP contribution in [0, 0.1) is 0 Å². The Labute approximate surface area is 309 Å². The molecule has 0 spiro atoms. The average Bonchev–Trinajstić information content (AvgIpc) is 3.73. The largest absolute Gasteiger partial charge is 0.327 e. The fourth-order valence-corrected chi connectivity index (χ4v) is 8.52. The normalized spacial score (nSPS) is 12.8. The predicted octanol–water partition coefficient (Wildman–Crippen LogP) is 12.0. The lowest BCUT2D eigenvalue weighted by Gasteiger charge is -2.34. The minimum atomic E-state index is -0.486. The van der Waals surface area contributed by atoms with Gasteiger partial charge in [0, 0.05) is 24.4 Å². The van der Waals surface area contributed by atoms with Gasteiger partial charge in [-0.05, 0) is 92.0 Å². The van der Waals surface area contributed by atoms with Gasteiger partial charge < -0.3 is 4.57 Å². The highest BCUT2D eigenvalue weighted by Crippen LogP contribution is 2.58. The van der Waals surface area contributed by atoms with Crippen LogP contribution in [0.15, 0.2) is 194 Å². The van der Waals surface area contributed by atoms with Gasteiger partial charge in [0.25, 0.3) is 0 Å². The zero-order chi connectivity index (χ0) is 35.4. The van der Waals surface area contributed by atoms with Gasteiger partial charge in [0.1, 0.15) is 5.82 Å². The first-order valence-corrected chi connectivity index (χ1v) is 18.1. The van der Waals surface area contributed by atoms with E-state index in [0.29, 0.717) is 0 Å². The standard InChI is InChI=1S/C50H35N3/c1-53-48-22-11-10-21-47(48)52-49(53)37-29-25-34(26-30-37)41-32-43-40-18-8-9-19-44(40)50(38-14-4-2-5-15-38,39-16-6-3-7-17-39)45(43)33-42(41)35-23-27-36(28-24-35)46-20-12-13-31-51-46/h2-33H,1H3. The van der Waals surface area contributed by atoms with Crippen molar-refractivity contribution >= 4 is 11.0 Å². The molecule has 0 radical (unpaired) electrons. The molecule has 0 fully saturated rings. The summed E-state index contributed by atoms with van der Waals surface area (Å²) in [6.07, 6.45) is 1.85. The maximum absolute atomic E-state index is 4.99. The quantitative estimate of drug-likeness (QED) is 0.175. The lowest BCUT2D eigenvalue weighted by Crippen LogP contribution is -2.28. The van der Waals surface area contributed by atoms with Crippen LogP contribution in [0.2, 0.25) is 0 Å². The Morgan fingerprint density at radius 3 is 1.66 bits per heavy atom. The summed E-state index contributed by atoms with van der Waals surface area (Å²) in [5.41, 5.74) is 17.1. The molecule has 9 aromatic rings. The summed E-state index contributed by atoms with van der Waals surface area (Å²) in [6, 6.07) is 68.1. The molecule has 0 saturated carbocycles. The smallest absolute Gasteiger partial charge is 0.140 e. The maximum Gasteiger partial charge on any atom is 0.140 e. The second-order valence-electron chi connectivity index (χ2n) is 13.8. The summed E-state index contributed by atoms with van der Waals surface area (Å²) in [5.74, 6) is 0.960. The molecular formula is C50H35N3. The van der Waals surface area contributed by atoms with Gasteiger partial charge in [-0.25, -0.2) is 4.98 Å². The van der Waals surface area contributed by atoms with E-state index in [2.05, 4.69) is 186 Å². The van der Waals surface area contributed by atoms with E-state index < -0.39 is 5.41 Å². The number of para-hydroxylation sites is 2. The van der Waals surface area contributed by atoms with Crippen LogP contribution < -0.4 is 0 Å². The van der Waals surface area contributed by atoms with Gasteiger partial charge in [-0.1, -0.05) is 152 Å². The van der Waals surface area contributed by atoms with E-state index in [1.54, 1.807) is 0 Å². The van der Waals surface area contributed by atoms with Crippen molar-refractivity contribution in [2.24, 2.45) is 7.05 Å². The zero-order valence-corrected chi connectivity index (χ0v) is 29.3. The molecule has 7 aromatic carbocycles. The zero-order valence-electron chi connectivity index (χ0n) is 29.3. The minimum absolute atomic E-state index is 0.486. The molecule has 0 saturated heterocycles. The van der Waals surface area contributed by atoms with E-state index in [9.17, 15) is 0 Å². The number of aryl methyl sites for hydroxylation is 1. The van der Waals surface area contributed by atoms with Crippen molar-refractivity contribution in [3.05, 3.63) is 217 Å². The summed E-state index contributed by atoms with van der Waals surface area (Å²) < 4.78 is 2.18. The van der Waals surface area contributed by atoms with Gasteiger partial charge in [0.05, 0.1) is 22.1 Å². The molecule has 2 heterocycles. The van der Waals surface area contributed by atoms with Crippen LogP contribution in [-0.4, -0.2) is 14.5 Å². The third kappa shape index (κ3) is 4.89. The van der Waals surface area contributed by atoms with Crippen molar-refractivity contribution in [2.75, 3.05) is 0 Å². The van der Waals surface area contributed by atoms with Crippen molar-refractivity contribution in [3.63, 3.8) is 0 Å². The van der Waals surface area contributed by atoms with Crippen molar-refractivity contribution in [2.45, 2.75) is 5.41 Å². The molecule has 3 nitrogen and oxygen atoms in total.